The van der Waals surface area contributed by atoms with Gasteiger partial charge in [-0.15, -0.1) is 0 Å². The third-order valence-corrected chi connectivity index (χ3v) is 2.66. The number of rotatable bonds is 7. The molecule has 0 fully saturated rings. The van der Waals surface area contributed by atoms with Crippen LogP contribution in [0.25, 0.3) is 0 Å². The third kappa shape index (κ3) is 9.98. The molecular weight excluding hydrogens is 168 g/mol. The van der Waals surface area contributed by atoms with E-state index in [9.17, 15) is 0 Å². The van der Waals surface area contributed by atoms with Crippen molar-refractivity contribution in [2.45, 2.75) is 39.2 Å². The summed E-state index contributed by atoms with van der Waals surface area (Å²) in [5.74, 6) is 2.33. The first-order valence-electron chi connectivity index (χ1n) is 4.50. The zero-order valence-electron chi connectivity index (χ0n) is 8.10. The lowest BCUT2D eigenvalue weighted by Gasteiger charge is -2.03. The molecule has 0 aliphatic heterocycles. The number of nitrogens with two attached hydrogens (primary N) is 1. The van der Waals surface area contributed by atoms with Crippen LogP contribution in [0.15, 0.2) is 0 Å². The van der Waals surface area contributed by atoms with Gasteiger partial charge in [0.25, 0.3) is 0 Å². The molecule has 0 saturated heterocycles. The summed E-state index contributed by atoms with van der Waals surface area (Å²) in [4.78, 5) is 0. The van der Waals surface area contributed by atoms with Crippen molar-refractivity contribution in [3.63, 3.8) is 0 Å². The van der Waals surface area contributed by atoms with E-state index in [0.717, 1.165) is 30.7 Å². The summed E-state index contributed by atoms with van der Waals surface area (Å²) in [5.41, 5.74) is 6.40. The molecule has 0 heterocycles. The molecule has 12 heavy (non-hydrogen) atoms. The van der Waals surface area contributed by atoms with Crippen LogP contribution in [0.4, 0.5) is 0 Å². The monoisotopic (exact) mass is 188 g/mol. The Hall–Kier alpha value is -0.0200. The SMILES string of the molecule is CC(=N)CCCSCCC(C)N. The van der Waals surface area contributed by atoms with Crippen LogP contribution in [0.1, 0.15) is 33.1 Å². The highest BCUT2D eigenvalue weighted by atomic mass is 32.2. The summed E-state index contributed by atoms with van der Waals surface area (Å²) in [6.07, 6.45) is 3.19. The summed E-state index contributed by atoms with van der Waals surface area (Å²) in [6.45, 7) is 3.91. The molecule has 0 rings (SSSR count). The Kier molecular flexibility index (Phi) is 7.61. The quantitative estimate of drug-likeness (QED) is 0.475. The van der Waals surface area contributed by atoms with Crippen LogP contribution < -0.4 is 5.73 Å². The molecule has 0 spiro atoms. The average Bonchev–Trinajstić information content (AvgIpc) is 1.95. The van der Waals surface area contributed by atoms with E-state index >= 15 is 0 Å². The van der Waals surface area contributed by atoms with E-state index in [1.165, 1.54) is 5.75 Å². The summed E-state index contributed by atoms with van der Waals surface area (Å²) < 4.78 is 0. The van der Waals surface area contributed by atoms with Crippen molar-refractivity contribution >= 4 is 17.5 Å². The summed E-state index contributed by atoms with van der Waals surface area (Å²) >= 11 is 1.95. The van der Waals surface area contributed by atoms with E-state index in [1.807, 2.05) is 25.6 Å². The van der Waals surface area contributed by atoms with Crippen LogP contribution in [-0.4, -0.2) is 23.3 Å². The number of nitrogens with one attached hydrogen (secondary N) is 1. The zero-order chi connectivity index (χ0) is 9.40. The third-order valence-electron chi connectivity index (χ3n) is 1.56. The van der Waals surface area contributed by atoms with Gasteiger partial charge in [-0.05, 0) is 44.6 Å². The second-order valence-corrected chi connectivity index (χ2v) is 4.49. The summed E-state index contributed by atoms with van der Waals surface area (Å²) in [7, 11) is 0. The summed E-state index contributed by atoms with van der Waals surface area (Å²) in [5, 5.41) is 7.21. The van der Waals surface area contributed by atoms with Gasteiger partial charge in [-0.3, -0.25) is 0 Å². The van der Waals surface area contributed by atoms with Gasteiger partial charge in [0.2, 0.25) is 0 Å². The zero-order valence-corrected chi connectivity index (χ0v) is 8.91. The number of thioether (sulfide) groups is 1. The molecule has 2 nitrogen and oxygen atoms in total. The van der Waals surface area contributed by atoms with Crippen LogP contribution >= 0.6 is 11.8 Å². The first kappa shape index (κ1) is 12.0. The first-order valence-corrected chi connectivity index (χ1v) is 5.65. The molecule has 0 saturated carbocycles. The maximum Gasteiger partial charge on any atom is 0.00585 e. The van der Waals surface area contributed by atoms with E-state index in [4.69, 9.17) is 11.1 Å². The molecular formula is C9H20N2S. The molecule has 0 aromatic rings. The highest BCUT2D eigenvalue weighted by Crippen LogP contribution is 2.07. The van der Waals surface area contributed by atoms with Gasteiger partial charge in [-0.25, -0.2) is 0 Å². The molecule has 0 radical (unpaired) electrons. The Labute approximate surface area is 79.8 Å². The van der Waals surface area contributed by atoms with Crippen molar-refractivity contribution < 1.29 is 0 Å². The standard InChI is InChI=1S/C9H20N2S/c1-8(10)4-3-6-12-7-5-9(2)11/h9-10H,3-7,11H2,1-2H3. The Morgan fingerprint density at radius 2 is 2.17 bits per heavy atom. The molecule has 0 bridgehead atoms. The van der Waals surface area contributed by atoms with E-state index in [-0.39, 0.29) is 0 Å². The Morgan fingerprint density at radius 1 is 1.50 bits per heavy atom. The van der Waals surface area contributed by atoms with Gasteiger partial charge in [0.15, 0.2) is 0 Å². The van der Waals surface area contributed by atoms with Crippen molar-refractivity contribution in [2.24, 2.45) is 5.73 Å². The van der Waals surface area contributed by atoms with Crippen molar-refractivity contribution in [2.75, 3.05) is 11.5 Å². The van der Waals surface area contributed by atoms with Gasteiger partial charge >= 0.3 is 0 Å². The predicted molar refractivity (Wildman–Crippen MR) is 58.2 cm³/mol. The minimum atomic E-state index is 0.335. The van der Waals surface area contributed by atoms with Crippen molar-refractivity contribution in [3.8, 4) is 0 Å². The number of hydrogen-bond acceptors (Lipinski definition) is 3. The predicted octanol–water partition coefficient (Wildman–Crippen LogP) is 2.28. The highest BCUT2D eigenvalue weighted by molar-refractivity contribution is 7.99. The van der Waals surface area contributed by atoms with Gasteiger partial charge in [0.1, 0.15) is 0 Å². The van der Waals surface area contributed by atoms with Gasteiger partial charge in [0.05, 0.1) is 0 Å². The maximum atomic E-state index is 7.21. The lowest BCUT2D eigenvalue weighted by molar-refractivity contribution is 0.721. The fourth-order valence-electron chi connectivity index (χ4n) is 0.811. The van der Waals surface area contributed by atoms with Crippen molar-refractivity contribution in [3.05, 3.63) is 0 Å². The van der Waals surface area contributed by atoms with Crippen molar-refractivity contribution in [1.29, 1.82) is 5.41 Å². The van der Waals surface area contributed by atoms with Crippen LogP contribution in [0.2, 0.25) is 0 Å². The minimum absolute atomic E-state index is 0.335. The largest absolute Gasteiger partial charge is 0.328 e. The minimum Gasteiger partial charge on any atom is -0.328 e. The molecule has 1 atom stereocenters. The molecule has 0 aromatic heterocycles. The normalized spacial score (nSPS) is 12.9. The molecule has 0 aliphatic carbocycles. The molecule has 3 heteroatoms. The van der Waals surface area contributed by atoms with Crippen molar-refractivity contribution in [1.82, 2.24) is 0 Å². The smallest absolute Gasteiger partial charge is 0.00585 e. The molecule has 0 amide bonds. The van der Waals surface area contributed by atoms with Gasteiger partial charge in [-0.1, -0.05) is 0 Å². The van der Waals surface area contributed by atoms with Crippen LogP contribution in [0, 0.1) is 5.41 Å². The van der Waals surface area contributed by atoms with E-state index in [0.29, 0.717) is 6.04 Å². The van der Waals surface area contributed by atoms with Gasteiger partial charge in [-0.2, -0.15) is 11.8 Å². The first-order chi connectivity index (χ1) is 5.63. The Bertz CT molecular complexity index is 124. The molecule has 0 aromatic carbocycles. The fourth-order valence-corrected chi connectivity index (χ4v) is 1.90. The Morgan fingerprint density at radius 3 is 2.67 bits per heavy atom. The van der Waals surface area contributed by atoms with E-state index in [2.05, 4.69) is 0 Å². The van der Waals surface area contributed by atoms with E-state index in [1.54, 1.807) is 0 Å². The van der Waals surface area contributed by atoms with Gasteiger partial charge in [0, 0.05) is 11.8 Å². The Balaban J connectivity index is 2.96. The van der Waals surface area contributed by atoms with Crippen LogP contribution in [0.3, 0.4) is 0 Å². The van der Waals surface area contributed by atoms with Gasteiger partial charge < -0.3 is 11.1 Å². The number of hydrogen-bond donors (Lipinski definition) is 2. The molecule has 72 valence electrons. The van der Waals surface area contributed by atoms with Crippen LogP contribution in [0.5, 0.6) is 0 Å². The second kappa shape index (κ2) is 7.62. The lowest BCUT2D eigenvalue weighted by atomic mass is 10.2. The maximum absolute atomic E-state index is 7.21. The topological polar surface area (TPSA) is 49.9 Å². The highest BCUT2D eigenvalue weighted by Gasteiger charge is 1.94. The summed E-state index contributed by atoms with van der Waals surface area (Å²) in [6, 6.07) is 0.335. The van der Waals surface area contributed by atoms with E-state index < -0.39 is 0 Å². The lowest BCUT2D eigenvalue weighted by Crippen LogP contribution is -2.15. The fraction of sp³-hybridized carbons (Fsp3) is 0.889. The second-order valence-electron chi connectivity index (χ2n) is 3.26. The molecule has 0 aliphatic rings. The van der Waals surface area contributed by atoms with Crippen LogP contribution in [-0.2, 0) is 0 Å². The molecule has 3 N–H and O–H groups in total. The average molecular weight is 188 g/mol. The molecule has 1 unspecified atom stereocenters.